The first-order valence-corrected chi connectivity index (χ1v) is 3.79. The van der Waals surface area contributed by atoms with Crippen LogP contribution in [0.2, 0.25) is 0 Å². The van der Waals surface area contributed by atoms with E-state index in [-0.39, 0.29) is 10.8 Å². The summed E-state index contributed by atoms with van der Waals surface area (Å²) in [6, 6.07) is 0. The molecule has 0 N–H and O–H groups in total. The summed E-state index contributed by atoms with van der Waals surface area (Å²) in [6.07, 6.45) is 5.25. The van der Waals surface area contributed by atoms with Gasteiger partial charge in [0.1, 0.15) is 0 Å². The standard InChI is InChI=1S/C6H5Cl3/c7-4-1-2-5(8)6(9)3-4/h1-3,5-6H. The molecule has 2 atom stereocenters. The lowest BCUT2D eigenvalue weighted by Crippen LogP contribution is -2.11. The maximum atomic E-state index is 5.72. The van der Waals surface area contributed by atoms with Crippen LogP contribution in [0.15, 0.2) is 23.3 Å². The highest BCUT2D eigenvalue weighted by Gasteiger charge is 2.14. The molecule has 0 fully saturated rings. The van der Waals surface area contributed by atoms with Crippen molar-refractivity contribution in [1.82, 2.24) is 0 Å². The van der Waals surface area contributed by atoms with Gasteiger partial charge in [-0.2, -0.15) is 0 Å². The minimum atomic E-state index is -0.163. The molecule has 9 heavy (non-hydrogen) atoms. The molecule has 2 unspecified atom stereocenters. The molecular formula is C6H5Cl3. The average Bonchev–Trinajstić information content (AvgIpc) is 1.80. The molecule has 1 aliphatic carbocycles. The molecule has 1 aliphatic rings. The fourth-order valence-electron chi connectivity index (χ4n) is 0.590. The van der Waals surface area contributed by atoms with E-state index in [0.29, 0.717) is 5.03 Å². The van der Waals surface area contributed by atoms with E-state index in [1.807, 2.05) is 0 Å². The van der Waals surface area contributed by atoms with Crippen molar-refractivity contribution < 1.29 is 0 Å². The highest BCUT2D eigenvalue weighted by Crippen LogP contribution is 2.22. The van der Waals surface area contributed by atoms with Crippen molar-refractivity contribution in [1.29, 1.82) is 0 Å². The molecule has 0 saturated carbocycles. The van der Waals surface area contributed by atoms with E-state index in [1.165, 1.54) is 0 Å². The van der Waals surface area contributed by atoms with E-state index in [4.69, 9.17) is 34.8 Å². The normalized spacial score (nSPS) is 34.3. The lowest BCUT2D eigenvalue weighted by Gasteiger charge is -2.11. The Balaban J connectivity index is 2.70. The molecule has 0 spiro atoms. The van der Waals surface area contributed by atoms with Crippen molar-refractivity contribution in [3.05, 3.63) is 23.3 Å². The molecule has 3 heteroatoms. The summed E-state index contributed by atoms with van der Waals surface area (Å²) in [5.41, 5.74) is 0. The van der Waals surface area contributed by atoms with Crippen molar-refractivity contribution in [2.75, 3.05) is 0 Å². The van der Waals surface area contributed by atoms with Gasteiger partial charge in [-0.05, 0) is 12.2 Å². The highest BCUT2D eigenvalue weighted by atomic mass is 35.5. The van der Waals surface area contributed by atoms with Crippen LogP contribution in [0.5, 0.6) is 0 Å². The van der Waals surface area contributed by atoms with E-state index in [2.05, 4.69) is 0 Å². The second-order valence-electron chi connectivity index (χ2n) is 1.80. The molecule has 0 radical (unpaired) electrons. The molecule has 0 nitrogen and oxygen atoms in total. The smallest absolute Gasteiger partial charge is 0.0732 e. The molecule has 0 saturated heterocycles. The molecule has 0 aromatic carbocycles. The minimum absolute atomic E-state index is 0.117. The number of alkyl halides is 2. The summed E-state index contributed by atoms with van der Waals surface area (Å²) in [4.78, 5) is 0. The van der Waals surface area contributed by atoms with Crippen molar-refractivity contribution in [2.24, 2.45) is 0 Å². The van der Waals surface area contributed by atoms with Crippen LogP contribution in [-0.4, -0.2) is 10.8 Å². The third-order valence-corrected chi connectivity index (χ3v) is 2.26. The summed E-state index contributed by atoms with van der Waals surface area (Å²) in [7, 11) is 0. The number of halogens is 3. The largest absolute Gasteiger partial charge is 0.116 e. The first-order chi connectivity index (χ1) is 4.20. The van der Waals surface area contributed by atoms with Gasteiger partial charge < -0.3 is 0 Å². The van der Waals surface area contributed by atoms with E-state index in [1.54, 1.807) is 18.2 Å². The van der Waals surface area contributed by atoms with Gasteiger partial charge in [0.2, 0.25) is 0 Å². The van der Waals surface area contributed by atoms with Crippen LogP contribution in [0.3, 0.4) is 0 Å². The Kier molecular flexibility index (Phi) is 2.45. The topological polar surface area (TPSA) is 0 Å². The minimum Gasteiger partial charge on any atom is -0.116 e. The summed E-state index contributed by atoms with van der Waals surface area (Å²) in [5.74, 6) is 0. The zero-order valence-corrected chi connectivity index (χ0v) is 6.79. The Bertz CT molecular complexity index is 160. The van der Waals surface area contributed by atoms with Gasteiger partial charge in [-0.25, -0.2) is 0 Å². The molecular weight excluding hydrogens is 178 g/mol. The van der Waals surface area contributed by atoms with E-state index in [0.717, 1.165) is 0 Å². The average molecular weight is 183 g/mol. The van der Waals surface area contributed by atoms with Crippen LogP contribution in [0.4, 0.5) is 0 Å². The first kappa shape index (κ1) is 7.46. The van der Waals surface area contributed by atoms with Crippen molar-refractivity contribution in [3.63, 3.8) is 0 Å². The van der Waals surface area contributed by atoms with Crippen LogP contribution in [0, 0.1) is 0 Å². The van der Waals surface area contributed by atoms with Gasteiger partial charge >= 0.3 is 0 Å². The van der Waals surface area contributed by atoms with Gasteiger partial charge in [-0.3, -0.25) is 0 Å². The first-order valence-electron chi connectivity index (χ1n) is 2.54. The predicted octanol–water partition coefficient (Wildman–Crippen LogP) is 2.89. The molecule has 0 heterocycles. The molecule has 0 aromatic heterocycles. The fraction of sp³-hybridized carbons (Fsp3) is 0.333. The number of hydrogen-bond acceptors (Lipinski definition) is 0. The monoisotopic (exact) mass is 182 g/mol. The third-order valence-electron chi connectivity index (χ3n) is 1.06. The lowest BCUT2D eigenvalue weighted by atomic mass is 10.2. The Morgan fingerprint density at radius 2 is 1.89 bits per heavy atom. The van der Waals surface area contributed by atoms with Crippen molar-refractivity contribution in [3.8, 4) is 0 Å². The maximum Gasteiger partial charge on any atom is 0.0732 e. The highest BCUT2D eigenvalue weighted by molar-refractivity contribution is 6.35. The summed E-state index contributed by atoms with van der Waals surface area (Å²) >= 11 is 17.0. The second-order valence-corrected chi connectivity index (χ2v) is 3.24. The Labute approximate surface area is 69.1 Å². The Morgan fingerprint density at radius 3 is 2.33 bits per heavy atom. The Hall–Kier alpha value is 0.350. The Morgan fingerprint density at radius 1 is 1.22 bits per heavy atom. The van der Waals surface area contributed by atoms with E-state index >= 15 is 0 Å². The van der Waals surface area contributed by atoms with Crippen LogP contribution in [-0.2, 0) is 0 Å². The predicted molar refractivity (Wildman–Crippen MR) is 42.4 cm³/mol. The molecule has 0 bridgehead atoms. The van der Waals surface area contributed by atoms with Gasteiger partial charge in [0, 0.05) is 5.03 Å². The van der Waals surface area contributed by atoms with Gasteiger partial charge in [-0.15, -0.1) is 23.2 Å². The fourth-order valence-corrected chi connectivity index (χ4v) is 1.23. The number of hydrogen-bond donors (Lipinski definition) is 0. The third kappa shape index (κ3) is 1.89. The van der Waals surface area contributed by atoms with Gasteiger partial charge in [0.05, 0.1) is 10.8 Å². The molecule has 0 aliphatic heterocycles. The quantitative estimate of drug-likeness (QED) is 0.507. The lowest BCUT2D eigenvalue weighted by molar-refractivity contribution is 1.05. The van der Waals surface area contributed by atoms with Crippen LogP contribution in [0.1, 0.15) is 0 Å². The van der Waals surface area contributed by atoms with Crippen LogP contribution >= 0.6 is 34.8 Å². The zero-order chi connectivity index (χ0) is 6.85. The maximum absolute atomic E-state index is 5.72. The van der Waals surface area contributed by atoms with E-state index in [9.17, 15) is 0 Å². The van der Waals surface area contributed by atoms with Gasteiger partial charge in [-0.1, -0.05) is 17.7 Å². The number of rotatable bonds is 0. The summed E-state index contributed by atoms with van der Waals surface area (Å²) in [6.45, 7) is 0. The van der Waals surface area contributed by atoms with E-state index < -0.39 is 0 Å². The molecule has 0 amide bonds. The van der Waals surface area contributed by atoms with Crippen LogP contribution in [0.25, 0.3) is 0 Å². The second kappa shape index (κ2) is 2.96. The van der Waals surface area contributed by atoms with Crippen molar-refractivity contribution in [2.45, 2.75) is 10.8 Å². The van der Waals surface area contributed by atoms with Crippen molar-refractivity contribution >= 4 is 34.8 Å². The van der Waals surface area contributed by atoms with Crippen LogP contribution < -0.4 is 0 Å². The summed E-state index contributed by atoms with van der Waals surface area (Å²) in [5, 5.41) is 0.380. The molecule has 50 valence electrons. The van der Waals surface area contributed by atoms with Gasteiger partial charge in [0.15, 0.2) is 0 Å². The van der Waals surface area contributed by atoms with Gasteiger partial charge in [0.25, 0.3) is 0 Å². The molecule has 1 rings (SSSR count). The summed E-state index contributed by atoms with van der Waals surface area (Å²) < 4.78 is 0. The number of allylic oxidation sites excluding steroid dienone is 4. The zero-order valence-electron chi connectivity index (χ0n) is 4.52. The SMILES string of the molecule is ClC1=CC(Cl)C(Cl)C=C1. The molecule has 0 aromatic rings.